The van der Waals surface area contributed by atoms with Gasteiger partial charge in [-0.15, -0.1) is 0 Å². The molecule has 0 spiro atoms. The van der Waals surface area contributed by atoms with Crippen LogP contribution in [0.4, 0.5) is 0 Å². The van der Waals surface area contributed by atoms with E-state index >= 15 is 0 Å². The van der Waals surface area contributed by atoms with E-state index in [1.807, 2.05) is 6.07 Å². The Hall–Kier alpha value is -0.250. The number of halogens is 2. The first-order valence-electron chi connectivity index (χ1n) is 4.96. The summed E-state index contributed by atoms with van der Waals surface area (Å²) in [5.41, 5.74) is 1.20. The first-order chi connectivity index (χ1) is 7.22. The van der Waals surface area contributed by atoms with Crippen molar-refractivity contribution in [2.75, 3.05) is 20.2 Å². The molecule has 1 unspecified atom stereocenters. The molecule has 1 heterocycles. The zero-order valence-electron chi connectivity index (χ0n) is 8.52. The molecule has 15 heavy (non-hydrogen) atoms. The van der Waals surface area contributed by atoms with Crippen LogP contribution in [0, 0.1) is 0 Å². The molecule has 0 aliphatic carbocycles. The normalized spacial score (nSPS) is 20.6. The maximum atomic E-state index is 6.14. The van der Waals surface area contributed by atoms with Gasteiger partial charge >= 0.3 is 0 Å². The number of rotatable bonds is 2. The van der Waals surface area contributed by atoms with Crippen LogP contribution in [0.5, 0.6) is 5.75 Å². The number of ether oxygens (including phenoxy) is 1. The predicted molar refractivity (Wildman–Crippen MR) is 65.9 cm³/mol. The molecule has 1 aromatic carbocycles. The molecule has 0 radical (unpaired) electrons. The lowest BCUT2D eigenvalue weighted by atomic mass is 9.97. The average molecular weight is 291 g/mol. The van der Waals surface area contributed by atoms with Gasteiger partial charge in [0.25, 0.3) is 0 Å². The Morgan fingerprint density at radius 1 is 1.53 bits per heavy atom. The van der Waals surface area contributed by atoms with Crippen molar-refractivity contribution in [2.45, 2.75) is 12.3 Å². The summed E-state index contributed by atoms with van der Waals surface area (Å²) in [5.74, 6) is 1.32. The van der Waals surface area contributed by atoms with Gasteiger partial charge in [-0.1, -0.05) is 27.5 Å². The summed E-state index contributed by atoms with van der Waals surface area (Å²) >= 11 is 9.60. The smallest absolute Gasteiger partial charge is 0.141 e. The van der Waals surface area contributed by atoms with Crippen molar-refractivity contribution >= 4 is 27.5 Å². The van der Waals surface area contributed by atoms with Crippen molar-refractivity contribution < 1.29 is 4.74 Å². The molecule has 1 aliphatic heterocycles. The van der Waals surface area contributed by atoms with Crippen molar-refractivity contribution in [3.63, 3.8) is 0 Å². The molecular formula is C11H13BrClNO. The number of benzene rings is 1. The maximum Gasteiger partial charge on any atom is 0.141 e. The van der Waals surface area contributed by atoms with Crippen molar-refractivity contribution in [1.82, 2.24) is 5.32 Å². The van der Waals surface area contributed by atoms with Crippen molar-refractivity contribution in [1.29, 1.82) is 0 Å². The van der Waals surface area contributed by atoms with Crippen LogP contribution in [0.15, 0.2) is 16.6 Å². The molecule has 1 fully saturated rings. The molecule has 2 nitrogen and oxygen atoms in total. The van der Waals surface area contributed by atoms with Gasteiger partial charge in [0, 0.05) is 22.5 Å². The van der Waals surface area contributed by atoms with E-state index in [0.29, 0.717) is 10.9 Å². The Balaban J connectivity index is 2.42. The Bertz CT molecular complexity index is 364. The van der Waals surface area contributed by atoms with Gasteiger partial charge < -0.3 is 10.1 Å². The van der Waals surface area contributed by atoms with Crippen LogP contribution in [-0.2, 0) is 0 Å². The van der Waals surface area contributed by atoms with Crippen molar-refractivity contribution in [3.05, 3.63) is 27.2 Å². The lowest BCUT2D eigenvalue weighted by Gasteiger charge is -2.15. The van der Waals surface area contributed by atoms with Crippen molar-refractivity contribution in [2.24, 2.45) is 0 Å². The Labute approximate surface area is 103 Å². The van der Waals surface area contributed by atoms with Gasteiger partial charge in [0.1, 0.15) is 5.75 Å². The fourth-order valence-corrected chi connectivity index (χ4v) is 2.93. The standard InChI is InChI=1S/C11H13BrClNO/c1-15-11-9(7-2-3-14-6-7)4-8(12)5-10(11)13/h4-5,7,14H,2-3,6H2,1H3. The van der Waals surface area contributed by atoms with Gasteiger partial charge in [-0.3, -0.25) is 0 Å². The summed E-state index contributed by atoms with van der Waals surface area (Å²) in [5, 5.41) is 4.02. The highest BCUT2D eigenvalue weighted by atomic mass is 79.9. The van der Waals surface area contributed by atoms with Gasteiger partial charge in [0.15, 0.2) is 0 Å². The molecule has 1 aliphatic rings. The number of hydrogen-bond donors (Lipinski definition) is 1. The second-order valence-corrected chi connectivity index (χ2v) is 5.02. The van der Waals surface area contributed by atoms with Gasteiger partial charge in [-0.2, -0.15) is 0 Å². The maximum absolute atomic E-state index is 6.14. The lowest BCUT2D eigenvalue weighted by molar-refractivity contribution is 0.406. The monoisotopic (exact) mass is 289 g/mol. The molecule has 0 bridgehead atoms. The van der Waals surface area contributed by atoms with Crippen LogP contribution in [0.1, 0.15) is 17.9 Å². The van der Waals surface area contributed by atoms with Crippen LogP contribution >= 0.6 is 27.5 Å². The van der Waals surface area contributed by atoms with Gasteiger partial charge in [0.05, 0.1) is 12.1 Å². The molecule has 4 heteroatoms. The molecule has 1 N–H and O–H groups in total. The summed E-state index contributed by atoms with van der Waals surface area (Å²) in [6, 6.07) is 3.97. The second-order valence-electron chi connectivity index (χ2n) is 3.70. The first kappa shape index (κ1) is 11.2. The molecule has 0 aromatic heterocycles. The van der Waals surface area contributed by atoms with Gasteiger partial charge in [0.2, 0.25) is 0 Å². The molecule has 1 saturated heterocycles. The van der Waals surface area contributed by atoms with E-state index in [4.69, 9.17) is 16.3 Å². The molecule has 82 valence electrons. The van der Waals surface area contributed by atoms with Crippen LogP contribution < -0.4 is 10.1 Å². The first-order valence-corrected chi connectivity index (χ1v) is 6.13. The predicted octanol–water partition coefficient (Wildman–Crippen LogP) is 3.19. The Morgan fingerprint density at radius 2 is 2.33 bits per heavy atom. The Kier molecular flexibility index (Phi) is 3.54. The third-order valence-electron chi connectivity index (χ3n) is 2.74. The van der Waals surface area contributed by atoms with E-state index in [2.05, 4.69) is 27.3 Å². The van der Waals surface area contributed by atoms with E-state index in [9.17, 15) is 0 Å². The Morgan fingerprint density at radius 3 is 2.93 bits per heavy atom. The zero-order chi connectivity index (χ0) is 10.8. The van der Waals surface area contributed by atoms with E-state index in [1.54, 1.807) is 7.11 Å². The number of methoxy groups -OCH3 is 1. The lowest BCUT2D eigenvalue weighted by Crippen LogP contribution is -2.08. The molecule has 2 rings (SSSR count). The highest BCUT2D eigenvalue weighted by Crippen LogP contribution is 2.38. The summed E-state index contributed by atoms with van der Waals surface area (Å²) < 4.78 is 6.37. The van der Waals surface area contributed by atoms with Crippen LogP contribution in [0.2, 0.25) is 5.02 Å². The molecule has 0 saturated carbocycles. The minimum absolute atomic E-state index is 0.509. The fourth-order valence-electron chi connectivity index (χ4n) is 2.02. The summed E-state index contributed by atoms with van der Waals surface area (Å²) in [4.78, 5) is 0. The average Bonchev–Trinajstić information content (AvgIpc) is 2.69. The largest absolute Gasteiger partial charge is 0.495 e. The highest BCUT2D eigenvalue weighted by molar-refractivity contribution is 9.10. The summed E-state index contributed by atoms with van der Waals surface area (Å²) in [6.45, 7) is 2.07. The van der Waals surface area contributed by atoms with E-state index in [0.717, 1.165) is 29.7 Å². The quantitative estimate of drug-likeness (QED) is 0.903. The third-order valence-corrected chi connectivity index (χ3v) is 3.48. The number of hydrogen-bond acceptors (Lipinski definition) is 2. The summed E-state index contributed by atoms with van der Waals surface area (Å²) in [6.07, 6.45) is 1.14. The second kappa shape index (κ2) is 4.73. The van der Waals surface area contributed by atoms with E-state index in [-0.39, 0.29) is 0 Å². The molecule has 1 atom stereocenters. The highest BCUT2D eigenvalue weighted by Gasteiger charge is 2.22. The van der Waals surface area contributed by atoms with E-state index < -0.39 is 0 Å². The molecular weight excluding hydrogens is 277 g/mol. The summed E-state index contributed by atoms with van der Waals surface area (Å²) in [7, 11) is 1.67. The minimum atomic E-state index is 0.509. The topological polar surface area (TPSA) is 21.3 Å². The van der Waals surface area contributed by atoms with Gasteiger partial charge in [-0.05, 0) is 25.1 Å². The van der Waals surface area contributed by atoms with Gasteiger partial charge in [-0.25, -0.2) is 0 Å². The van der Waals surface area contributed by atoms with Crippen molar-refractivity contribution in [3.8, 4) is 5.75 Å². The molecule has 1 aromatic rings. The fraction of sp³-hybridized carbons (Fsp3) is 0.455. The zero-order valence-corrected chi connectivity index (χ0v) is 10.9. The third kappa shape index (κ3) is 2.30. The molecule has 0 amide bonds. The van der Waals surface area contributed by atoms with E-state index in [1.165, 1.54) is 5.56 Å². The number of nitrogens with one attached hydrogen (secondary N) is 1. The SMILES string of the molecule is COc1c(Cl)cc(Br)cc1C1CCNC1. The van der Waals surface area contributed by atoms with Crippen LogP contribution in [-0.4, -0.2) is 20.2 Å². The van der Waals surface area contributed by atoms with Crippen LogP contribution in [0.3, 0.4) is 0 Å². The van der Waals surface area contributed by atoms with Crippen LogP contribution in [0.25, 0.3) is 0 Å². The minimum Gasteiger partial charge on any atom is -0.495 e.